The van der Waals surface area contributed by atoms with Crippen LogP contribution in [0.2, 0.25) is 0 Å². The predicted molar refractivity (Wildman–Crippen MR) is 60.6 cm³/mol. The zero-order chi connectivity index (χ0) is 9.80. The van der Waals surface area contributed by atoms with Crippen molar-refractivity contribution < 1.29 is 4.74 Å². The van der Waals surface area contributed by atoms with Crippen LogP contribution in [0.3, 0.4) is 0 Å². The van der Waals surface area contributed by atoms with Crippen LogP contribution < -0.4 is 4.74 Å². The summed E-state index contributed by atoms with van der Waals surface area (Å²) in [6, 6.07) is 7.78. The van der Waals surface area contributed by atoms with E-state index in [2.05, 4.69) is 20.9 Å². The molecule has 0 unspecified atom stereocenters. The molecule has 14 heavy (non-hydrogen) atoms. The minimum absolute atomic E-state index is 0.536. The molecule has 1 aromatic carbocycles. The summed E-state index contributed by atoms with van der Waals surface area (Å²) in [5.74, 6) is 0.856. The summed E-state index contributed by atoms with van der Waals surface area (Å²) in [7, 11) is 0. The van der Waals surface area contributed by atoms with E-state index in [1.165, 1.54) is 0 Å². The highest BCUT2D eigenvalue weighted by Crippen LogP contribution is 2.19. The average Bonchev–Trinajstić information content (AvgIpc) is 2.67. The smallest absolute Gasteiger partial charge is 0.140 e. The highest BCUT2D eigenvalue weighted by atomic mass is 79.9. The quantitative estimate of drug-likeness (QED) is 0.851. The molecule has 1 heterocycles. The van der Waals surface area contributed by atoms with E-state index in [4.69, 9.17) is 4.74 Å². The number of rotatable bonds is 3. The normalized spacial score (nSPS) is 10.1. The molecule has 0 aliphatic carbocycles. The van der Waals surface area contributed by atoms with Gasteiger partial charge in [0.25, 0.3) is 0 Å². The highest BCUT2D eigenvalue weighted by molar-refractivity contribution is 9.10. The van der Waals surface area contributed by atoms with Crippen LogP contribution in [0.5, 0.6) is 5.75 Å². The number of hydrogen-bond donors (Lipinski definition) is 0. The molecule has 0 aliphatic heterocycles. The molecule has 0 atom stereocenters. The maximum atomic E-state index is 5.55. The van der Waals surface area contributed by atoms with Gasteiger partial charge in [0, 0.05) is 16.0 Å². The molecule has 0 bridgehead atoms. The number of benzene rings is 1. The summed E-state index contributed by atoms with van der Waals surface area (Å²) in [5, 5.41) is 2.93. The Balaban J connectivity index is 1.98. The average molecular weight is 270 g/mol. The lowest BCUT2D eigenvalue weighted by Crippen LogP contribution is -1.93. The van der Waals surface area contributed by atoms with Crippen LogP contribution in [0.25, 0.3) is 0 Å². The molecule has 0 saturated heterocycles. The number of halogens is 1. The first-order valence-electron chi connectivity index (χ1n) is 4.11. The van der Waals surface area contributed by atoms with E-state index in [1.807, 2.05) is 29.6 Å². The molecule has 2 nitrogen and oxygen atoms in total. The highest BCUT2D eigenvalue weighted by Gasteiger charge is 1.97. The fourth-order valence-corrected chi connectivity index (χ4v) is 1.93. The van der Waals surface area contributed by atoms with Crippen LogP contribution in [0.1, 0.15) is 5.01 Å². The molecule has 0 spiro atoms. The molecule has 0 saturated carbocycles. The summed E-state index contributed by atoms with van der Waals surface area (Å²) in [5.41, 5.74) is 0. The van der Waals surface area contributed by atoms with Gasteiger partial charge in [-0.05, 0) is 18.2 Å². The molecule has 2 rings (SSSR count). The van der Waals surface area contributed by atoms with Crippen molar-refractivity contribution in [2.45, 2.75) is 6.61 Å². The van der Waals surface area contributed by atoms with Gasteiger partial charge in [0.05, 0.1) is 0 Å². The van der Waals surface area contributed by atoms with Crippen molar-refractivity contribution in [3.05, 3.63) is 45.3 Å². The Morgan fingerprint density at radius 3 is 3.07 bits per heavy atom. The van der Waals surface area contributed by atoms with Gasteiger partial charge in [-0.25, -0.2) is 4.98 Å². The molecular weight excluding hydrogens is 262 g/mol. The maximum Gasteiger partial charge on any atom is 0.140 e. The third kappa shape index (κ3) is 2.56. The third-order valence-electron chi connectivity index (χ3n) is 1.64. The monoisotopic (exact) mass is 269 g/mol. The van der Waals surface area contributed by atoms with Gasteiger partial charge in [-0.15, -0.1) is 11.3 Å². The standard InChI is InChI=1S/C10H8BrNOS/c11-8-2-1-3-9(6-8)13-7-10-12-4-5-14-10/h1-6H,7H2. The number of thiazole rings is 1. The van der Waals surface area contributed by atoms with Crippen molar-refractivity contribution >= 4 is 27.3 Å². The first-order chi connectivity index (χ1) is 6.84. The zero-order valence-corrected chi connectivity index (χ0v) is 9.72. The van der Waals surface area contributed by atoms with E-state index < -0.39 is 0 Å². The number of ether oxygens (including phenoxy) is 1. The summed E-state index contributed by atoms with van der Waals surface area (Å²) in [4.78, 5) is 4.14. The molecule has 1 aromatic heterocycles. The van der Waals surface area contributed by atoms with E-state index in [-0.39, 0.29) is 0 Å². The second-order valence-electron chi connectivity index (χ2n) is 2.67. The van der Waals surface area contributed by atoms with E-state index >= 15 is 0 Å². The summed E-state index contributed by atoms with van der Waals surface area (Å²) in [6.07, 6.45) is 1.78. The minimum atomic E-state index is 0.536. The minimum Gasteiger partial charge on any atom is -0.486 e. The molecule has 4 heteroatoms. The van der Waals surface area contributed by atoms with E-state index in [0.29, 0.717) is 6.61 Å². The van der Waals surface area contributed by atoms with Gasteiger partial charge >= 0.3 is 0 Å². The first-order valence-corrected chi connectivity index (χ1v) is 5.78. The number of hydrogen-bond acceptors (Lipinski definition) is 3. The first kappa shape index (κ1) is 9.68. The van der Waals surface area contributed by atoms with Crippen molar-refractivity contribution in [3.63, 3.8) is 0 Å². The van der Waals surface area contributed by atoms with Crippen LogP contribution in [0.15, 0.2) is 40.3 Å². The molecule has 0 amide bonds. The lowest BCUT2D eigenvalue weighted by atomic mass is 10.3. The lowest BCUT2D eigenvalue weighted by Gasteiger charge is -2.03. The molecule has 72 valence electrons. The molecule has 0 aliphatic rings. The van der Waals surface area contributed by atoms with Crippen LogP contribution in [-0.4, -0.2) is 4.98 Å². The van der Waals surface area contributed by atoms with Gasteiger partial charge in [-0.3, -0.25) is 0 Å². The Bertz CT molecular complexity index is 402. The topological polar surface area (TPSA) is 22.1 Å². The molecule has 0 radical (unpaired) electrons. The Morgan fingerprint density at radius 2 is 2.36 bits per heavy atom. The summed E-state index contributed by atoms with van der Waals surface area (Å²) in [6.45, 7) is 0.536. The van der Waals surface area contributed by atoms with E-state index in [9.17, 15) is 0 Å². The van der Waals surface area contributed by atoms with Gasteiger partial charge in [-0.2, -0.15) is 0 Å². The van der Waals surface area contributed by atoms with E-state index in [1.54, 1.807) is 17.5 Å². The second-order valence-corrected chi connectivity index (χ2v) is 4.57. The second kappa shape index (κ2) is 4.57. The number of nitrogens with zero attached hydrogens (tertiary/aromatic N) is 1. The van der Waals surface area contributed by atoms with Crippen LogP contribution in [0, 0.1) is 0 Å². The van der Waals surface area contributed by atoms with E-state index in [0.717, 1.165) is 15.2 Å². The largest absolute Gasteiger partial charge is 0.486 e. The SMILES string of the molecule is Brc1cccc(OCc2nccs2)c1. The Kier molecular flexibility index (Phi) is 3.16. The lowest BCUT2D eigenvalue weighted by molar-refractivity contribution is 0.305. The van der Waals surface area contributed by atoms with Gasteiger partial charge in [0.1, 0.15) is 17.4 Å². The molecule has 0 N–H and O–H groups in total. The van der Waals surface area contributed by atoms with Crippen molar-refractivity contribution in [1.29, 1.82) is 0 Å². The third-order valence-corrected chi connectivity index (χ3v) is 2.89. The Morgan fingerprint density at radius 1 is 1.43 bits per heavy atom. The van der Waals surface area contributed by atoms with Gasteiger partial charge < -0.3 is 4.74 Å². The van der Waals surface area contributed by atoms with Crippen LogP contribution in [0.4, 0.5) is 0 Å². The van der Waals surface area contributed by atoms with Crippen molar-refractivity contribution in [2.24, 2.45) is 0 Å². The van der Waals surface area contributed by atoms with Crippen molar-refractivity contribution in [1.82, 2.24) is 4.98 Å². The maximum absolute atomic E-state index is 5.55. The number of aromatic nitrogens is 1. The summed E-state index contributed by atoms with van der Waals surface area (Å²) < 4.78 is 6.57. The summed E-state index contributed by atoms with van der Waals surface area (Å²) >= 11 is 4.99. The van der Waals surface area contributed by atoms with Gasteiger partial charge in [-0.1, -0.05) is 22.0 Å². The Hall–Kier alpha value is -0.870. The van der Waals surface area contributed by atoms with Crippen LogP contribution in [-0.2, 0) is 6.61 Å². The van der Waals surface area contributed by atoms with Crippen molar-refractivity contribution in [2.75, 3.05) is 0 Å². The van der Waals surface area contributed by atoms with Crippen molar-refractivity contribution in [3.8, 4) is 5.75 Å². The molecule has 2 aromatic rings. The molecular formula is C10H8BrNOS. The van der Waals surface area contributed by atoms with Crippen LogP contribution >= 0.6 is 27.3 Å². The van der Waals surface area contributed by atoms with Gasteiger partial charge in [0.2, 0.25) is 0 Å². The zero-order valence-electron chi connectivity index (χ0n) is 7.31. The predicted octanol–water partition coefficient (Wildman–Crippen LogP) is 3.48. The fraction of sp³-hybridized carbons (Fsp3) is 0.100. The molecule has 0 fully saturated rings. The Labute approximate surface area is 94.7 Å². The van der Waals surface area contributed by atoms with Gasteiger partial charge in [0.15, 0.2) is 0 Å². The fourth-order valence-electron chi connectivity index (χ4n) is 1.03.